The van der Waals surface area contributed by atoms with Crippen LogP contribution in [0.3, 0.4) is 0 Å². The number of nitrogens with zero attached hydrogens (tertiary/aromatic N) is 3. The number of carbonyl (C=O) groups is 1. The molecular formula is C23H27N3O. The molecule has 0 aliphatic carbocycles. The molecule has 1 amide bonds. The Morgan fingerprint density at radius 3 is 2.59 bits per heavy atom. The highest BCUT2D eigenvalue weighted by Gasteiger charge is 2.33. The Balaban J connectivity index is 1.54. The van der Waals surface area contributed by atoms with Gasteiger partial charge in [-0.3, -0.25) is 4.79 Å². The molecule has 1 unspecified atom stereocenters. The minimum atomic E-state index is 0.180. The van der Waals surface area contributed by atoms with Gasteiger partial charge in [0, 0.05) is 32.0 Å². The van der Waals surface area contributed by atoms with E-state index in [1.54, 1.807) is 0 Å². The van der Waals surface area contributed by atoms with Gasteiger partial charge in [-0.05, 0) is 30.0 Å². The summed E-state index contributed by atoms with van der Waals surface area (Å²) in [7, 11) is 0. The maximum Gasteiger partial charge on any atom is 0.223 e. The average molecular weight is 361 g/mol. The van der Waals surface area contributed by atoms with E-state index in [1.165, 1.54) is 11.1 Å². The summed E-state index contributed by atoms with van der Waals surface area (Å²) in [5.41, 5.74) is 3.49. The van der Waals surface area contributed by atoms with E-state index in [2.05, 4.69) is 60.9 Å². The first-order valence-corrected chi connectivity index (χ1v) is 9.88. The van der Waals surface area contributed by atoms with Crippen molar-refractivity contribution in [1.29, 1.82) is 0 Å². The predicted molar refractivity (Wildman–Crippen MR) is 109 cm³/mol. The maximum atomic E-state index is 12.6. The van der Waals surface area contributed by atoms with E-state index in [1.807, 2.05) is 17.0 Å². The highest BCUT2D eigenvalue weighted by atomic mass is 16.2. The number of carbonyl (C=O) groups excluding carboxylic acids is 1. The van der Waals surface area contributed by atoms with Crippen LogP contribution in [-0.2, 0) is 17.8 Å². The Hall–Kier alpha value is -2.62. The Morgan fingerprint density at radius 2 is 1.81 bits per heavy atom. The van der Waals surface area contributed by atoms with E-state index in [-0.39, 0.29) is 11.8 Å². The van der Waals surface area contributed by atoms with Gasteiger partial charge in [-0.15, -0.1) is 0 Å². The van der Waals surface area contributed by atoms with E-state index in [0.29, 0.717) is 12.3 Å². The monoisotopic (exact) mass is 361 g/mol. The van der Waals surface area contributed by atoms with Crippen molar-refractivity contribution in [1.82, 2.24) is 14.5 Å². The van der Waals surface area contributed by atoms with E-state index in [0.717, 1.165) is 37.4 Å². The Kier molecular flexibility index (Phi) is 4.97. The zero-order valence-corrected chi connectivity index (χ0v) is 16.1. The van der Waals surface area contributed by atoms with Gasteiger partial charge in [0.25, 0.3) is 0 Å². The fourth-order valence-corrected chi connectivity index (χ4v) is 4.03. The third-order valence-corrected chi connectivity index (χ3v) is 5.32. The van der Waals surface area contributed by atoms with Crippen molar-refractivity contribution in [2.24, 2.45) is 5.92 Å². The van der Waals surface area contributed by atoms with Crippen molar-refractivity contribution < 1.29 is 4.79 Å². The summed E-state index contributed by atoms with van der Waals surface area (Å²) in [6.07, 6.45) is 1.47. The number of rotatable bonds is 6. The molecule has 0 radical (unpaired) electrons. The lowest BCUT2D eigenvalue weighted by Gasteiger charge is -2.18. The molecule has 1 saturated heterocycles. The second-order valence-corrected chi connectivity index (χ2v) is 7.94. The molecule has 1 aliphatic heterocycles. The largest absolute Gasteiger partial charge is 0.342 e. The molecule has 4 nitrogen and oxygen atoms in total. The van der Waals surface area contributed by atoms with E-state index in [4.69, 9.17) is 4.98 Å². The van der Waals surface area contributed by atoms with Crippen molar-refractivity contribution in [2.75, 3.05) is 13.1 Å². The molecule has 0 bridgehead atoms. The molecule has 3 aromatic rings. The lowest BCUT2D eigenvalue weighted by molar-refractivity contribution is -0.127. The quantitative estimate of drug-likeness (QED) is 0.658. The van der Waals surface area contributed by atoms with Crippen LogP contribution in [0.1, 0.15) is 37.6 Å². The van der Waals surface area contributed by atoms with Gasteiger partial charge in [0.05, 0.1) is 11.0 Å². The van der Waals surface area contributed by atoms with Gasteiger partial charge < -0.3 is 9.47 Å². The SMILES string of the molecule is CC(C)Cn1c(C2CC(=O)N(CCc3ccccc3)C2)nc2ccccc21. The topological polar surface area (TPSA) is 38.1 Å². The summed E-state index contributed by atoms with van der Waals surface area (Å²) in [5.74, 6) is 2.03. The summed E-state index contributed by atoms with van der Waals surface area (Å²) < 4.78 is 2.33. The Bertz CT molecular complexity index is 929. The Labute approximate surface area is 160 Å². The molecule has 140 valence electrons. The first-order chi connectivity index (χ1) is 13.1. The van der Waals surface area contributed by atoms with Gasteiger partial charge in [0.2, 0.25) is 5.91 Å². The van der Waals surface area contributed by atoms with Crippen LogP contribution in [-0.4, -0.2) is 33.4 Å². The third-order valence-electron chi connectivity index (χ3n) is 5.32. The fraction of sp³-hybridized carbons (Fsp3) is 0.391. The summed E-state index contributed by atoms with van der Waals surface area (Å²) >= 11 is 0. The first-order valence-electron chi connectivity index (χ1n) is 9.88. The maximum absolute atomic E-state index is 12.6. The van der Waals surface area contributed by atoms with E-state index in [9.17, 15) is 4.79 Å². The van der Waals surface area contributed by atoms with Crippen LogP contribution in [0, 0.1) is 5.92 Å². The summed E-state index contributed by atoms with van der Waals surface area (Å²) in [6, 6.07) is 18.7. The van der Waals surface area contributed by atoms with Crippen LogP contribution in [0.2, 0.25) is 0 Å². The van der Waals surface area contributed by atoms with Crippen LogP contribution in [0.25, 0.3) is 11.0 Å². The van der Waals surface area contributed by atoms with Crippen LogP contribution in [0.4, 0.5) is 0 Å². The molecule has 4 heteroatoms. The standard InChI is InChI=1S/C23H27N3O/c1-17(2)15-26-21-11-7-6-10-20(21)24-23(26)19-14-22(27)25(16-19)13-12-18-8-4-3-5-9-18/h3-11,17,19H,12-16H2,1-2H3. The fourth-order valence-electron chi connectivity index (χ4n) is 4.03. The first kappa shape index (κ1) is 17.8. The highest BCUT2D eigenvalue weighted by molar-refractivity contribution is 5.81. The number of amides is 1. The van der Waals surface area contributed by atoms with Crippen molar-refractivity contribution in [3.05, 3.63) is 66.0 Å². The molecule has 1 aromatic heterocycles. The van der Waals surface area contributed by atoms with Gasteiger partial charge in [0.15, 0.2) is 0 Å². The molecular weight excluding hydrogens is 334 g/mol. The van der Waals surface area contributed by atoms with Crippen LogP contribution in [0.15, 0.2) is 54.6 Å². The average Bonchev–Trinajstić information content (AvgIpc) is 3.21. The number of likely N-dealkylation sites (tertiary alicyclic amines) is 1. The smallest absolute Gasteiger partial charge is 0.223 e. The van der Waals surface area contributed by atoms with E-state index < -0.39 is 0 Å². The lowest BCUT2D eigenvalue weighted by atomic mass is 10.1. The number of imidazole rings is 1. The van der Waals surface area contributed by atoms with Crippen molar-refractivity contribution in [2.45, 2.75) is 39.2 Å². The van der Waals surface area contributed by atoms with Crippen molar-refractivity contribution in [3.8, 4) is 0 Å². The second kappa shape index (κ2) is 7.55. The van der Waals surface area contributed by atoms with Crippen LogP contribution in [0.5, 0.6) is 0 Å². The second-order valence-electron chi connectivity index (χ2n) is 7.94. The minimum Gasteiger partial charge on any atom is -0.342 e. The summed E-state index contributed by atoms with van der Waals surface area (Å²) in [6.45, 7) is 6.94. The van der Waals surface area contributed by atoms with Gasteiger partial charge in [-0.1, -0.05) is 56.3 Å². The molecule has 1 atom stereocenters. The normalized spacial score (nSPS) is 17.4. The minimum absolute atomic E-state index is 0.180. The molecule has 2 heterocycles. The van der Waals surface area contributed by atoms with Gasteiger partial charge in [-0.2, -0.15) is 0 Å². The summed E-state index contributed by atoms with van der Waals surface area (Å²) in [5, 5.41) is 0. The molecule has 1 aliphatic rings. The molecule has 2 aromatic carbocycles. The summed E-state index contributed by atoms with van der Waals surface area (Å²) in [4.78, 5) is 19.5. The zero-order chi connectivity index (χ0) is 18.8. The van der Waals surface area contributed by atoms with Gasteiger partial charge in [0.1, 0.15) is 5.82 Å². The highest BCUT2D eigenvalue weighted by Crippen LogP contribution is 2.31. The molecule has 4 rings (SSSR count). The lowest BCUT2D eigenvalue weighted by Crippen LogP contribution is -2.27. The van der Waals surface area contributed by atoms with Crippen molar-refractivity contribution >= 4 is 16.9 Å². The Morgan fingerprint density at radius 1 is 1.07 bits per heavy atom. The number of hydrogen-bond donors (Lipinski definition) is 0. The number of hydrogen-bond acceptors (Lipinski definition) is 2. The number of benzene rings is 2. The zero-order valence-electron chi connectivity index (χ0n) is 16.1. The predicted octanol–water partition coefficient (Wildman–Crippen LogP) is 4.25. The molecule has 1 fully saturated rings. The third kappa shape index (κ3) is 3.75. The van der Waals surface area contributed by atoms with Gasteiger partial charge >= 0.3 is 0 Å². The van der Waals surface area contributed by atoms with Crippen LogP contribution >= 0.6 is 0 Å². The molecule has 0 N–H and O–H groups in total. The van der Waals surface area contributed by atoms with Crippen molar-refractivity contribution in [3.63, 3.8) is 0 Å². The van der Waals surface area contributed by atoms with Gasteiger partial charge in [-0.25, -0.2) is 4.98 Å². The number of para-hydroxylation sites is 2. The van der Waals surface area contributed by atoms with Crippen LogP contribution < -0.4 is 0 Å². The molecule has 27 heavy (non-hydrogen) atoms. The number of aromatic nitrogens is 2. The molecule has 0 spiro atoms. The number of fused-ring (bicyclic) bond motifs is 1. The molecule has 0 saturated carbocycles. The van der Waals surface area contributed by atoms with E-state index >= 15 is 0 Å².